The number of piperidine rings is 1. The van der Waals surface area contributed by atoms with Crippen LogP contribution in [0, 0.1) is 0 Å². The number of likely N-dealkylation sites (tertiary alicyclic amines) is 1. The summed E-state index contributed by atoms with van der Waals surface area (Å²) in [4.78, 5) is 14.1. The van der Waals surface area contributed by atoms with Gasteiger partial charge in [-0.3, -0.25) is 9.69 Å². The second-order valence-corrected chi connectivity index (χ2v) is 5.16. The molecule has 0 spiro atoms. The highest BCUT2D eigenvalue weighted by atomic mass is 16.2. The molecule has 0 aromatic heterocycles. The fourth-order valence-corrected chi connectivity index (χ4v) is 2.51. The van der Waals surface area contributed by atoms with Gasteiger partial charge < -0.3 is 11.1 Å². The van der Waals surface area contributed by atoms with Crippen LogP contribution in [-0.4, -0.2) is 42.5 Å². The van der Waals surface area contributed by atoms with Crippen LogP contribution in [0.25, 0.3) is 0 Å². The van der Waals surface area contributed by atoms with Crippen molar-refractivity contribution >= 4 is 5.91 Å². The number of carbonyl (C=O) groups is 1. The minimum absolute atomic E-state index is 0.167. The smallest absolute Gasteiger partial charge is 0.234 e. The van der Waals surface area contributed by atoms with Crippen LogP contribution in [0.3, 0.4) is 0 Å². The van der Waals surface area contributed by atoms with Crippen molar-refractivity contribution in [3.8, 4) is 0 Å². The molecule has 0 radical (unpaired) electrons. The van der Waals surface area contributed by atoms with Gasteiger partial charge in [-0.05, 0) is 32.1 Å². The van der Waals surface area contributed by atoms with Crippen molar-refractivity contribution in [1.29, 1.82) is 0 Å². The van der Waals surface area contributed by atoms with E-state index in [0.717, 1.165) is 45.2 Å². The fourth-order valence-electron chi connectivity index (χ4n) is 2.51. The Kier molecular flexibility index (Phi) is 4.57. The van der Waals surface area contributed by atoms with E-state index in [-0.39, 0.29) is 5.91 Å². The third kappa shape index (κ3) is 4.13. The number of amides is 1. The maximum absolute atomic E-state index is 11.9. The van der Waals surface area contributed by atoms with Gasteiger partial charge >= 0.3 is 0 Å². The van der Waals surface area contributed by atoms with Crippen molar-refractivity contribution in [1.82, 2.24) is 10.2 Å². The summed E-state index contributed by atoms with van der Waals surface area (Å²) >= 11 is 0. The van der Waals surface area contributed by atoms with Gasteiger partial charge in [0.1, 0.15) is 0 Å². The summed E-state index contributed by atoms with van der Waals surface area (Å²) in [5.74, 6) is 0.167. The van der Waals surface area contributed by atoms with E-state index < -0.39 is 0 Å². The number of nitrogens with zero attached hydrogens (tertiary/aromatic N) is 1. The zero-order chi connectivity index (χ0) is 12.1. The molecular formula is C13H23N3O. The maximum Gasteiger partial charge on any atom is 0.234 e. The van der Waals surface area contributed by atoms with E-state index in [2.05, 4.69) is 22.4 Å². The molecule has 3 N–H and O–H groups in total. The molecule has 4 nitrogen and oxygen atoms in total. The number of rotatable bonds is 3. The van der Waals surface area contributed by atoms with Crippen LogP contribution in [0.1, 0.15) is 32.1 Å². The number of nitrogens with one attached hydrogen (secondary N) is 1. The molecule has 2 rings (SSSR count). The molecule has 4 heteroatoms. The first-order valence-corrected chi connectivity index (χ1v) is 6.66. The summed E-state index contributed by atoms with van der Waals surface area (Å²) in [5, 5.41) is 3.11. The minimum Gasteiger partial charge on any atom is -0.352 e. The van der Waals surface area contributed by atoms with Crippen molar-refractivity contribution in [3.63, 3.8) is 0 Å². The Morgan fingerprint density at radius 3 is 2.71 bits per heavy atom. The average molecular weight is 237 g/mol. The molecule has 2 aliphatic rings. The summed E-state index contributed by atoms with van der Waals surface area (Å²) in [6.07, 6.45) is 9.52. The highest BCUT2D eigenvalue weighted by Crippen LogP contribution is 2.11. The van der Waals surface area contributed by atoms with Crippen LogP contribution in [0.5, 0.6) is 0 Å². The molecule has 1 fully saturated rings. The number of nitrogens with two attached hydrogens (primary N) is 1. The second kappa shape index (κ2) is 6.17. The SMILES string of the molecule is NC1CCN(CC(=O)NC2CC=CCC2)CC1. The van der Waals surface area contributed by atoms with Crippen LogP contribution in [0.15, 0.2) is 12.2 Å². The third-order valence-corrected chi connectivity index (χ3v) is 3.63. The number of allylic oxidation sites excluding steroid dienone is 1. The Balaban J connectivity index is 1.68. The van der Waals surface area contributed by atoms with E-state index in [0.29, 0.717) is 18.6 Å². The van der Waals surface area contributed by atoms with E-state index >= 15 is 0 Å². The first-order chi connectivity index (χ1) is 8.24. The lowest BCUT2D eigenvalue weighted by Gasteiger charge is -2.30. The molecular weight excluding hydrogens is 214 g/mol. The lowest BCUT2D eigenvalue weighted by Crippen LogP contribution is -2.46. The lowest BCUT2D eigenvalue weighted by molar-refractivity contribution is -0.123. The molecule has 96 valence electrons. The monoisotopic (exact) mass is 237 g/mol. The Morgan fingerprint density at radius 2 is 2.06 bits per heavy atom. The van der Waals surface area contributed by atoms with Gasteiger partial charge in [-0.1, -0.05) is 12.2 Å². The van der Waals surface area contributed by atoms with E-state index in [1.807, 2.05) is 0 Å². The first kappa shape index (κ1) is 12.6. The molecule has 0 aromatic carbocycles. The third-order valence-electron chi connectivity index (χ3n) is 3.63. The van der Waals surface area contributed by atoms with Crippen molar-refractivity contribution in [3.05, 3.63) is 12.2 Å². The zero-order valence-corrected chi connectivity index (χ0v) is 10.4. The normalized spacial score (nSPS) is 27.0. The molecule has 1 unspecified atom stereocenters. The number of carbonyl (C=O) groups excluding carboxylic acids is 1. The van der Waals surface area contributed by atoms with E-state index in [1.54, 1.807) is 0 Å². The number of hydrogen-bond donors (Lipinski definition) is 2. The minimum atomic E-state index is 0.167. The van der Waals surface area contributed by atoms with Gasteiger partial charge in [0.2, 0.25) is 5.91 Å². The Bertz CT molecular complexity index is 282. The Hall–Kier alpha value is -0.870. The van der Waals surface area contributed by atoms with Crippen molar-refractivity contribution < 1.29 is 4.79 Å². The van der Waals surface area contributed by atoms with Crippen LogP contribution in [0.4, 0.5) is 0 Å². The Morgan fingerprint density at radius 1 is 1.29 bits per heavy atom. The summed E-state index contributed by atoms with van der Waals surface area (Å²) in [6.45, 7) is 2.45. The maximum atomic E-state index is 11.9. The quantitative estimate of drug-likeness (QED) is 0.708. The van der Waals surface area contributed by atoms with Crippen LogP contribution in [-0.2, 0) is 4.79 Å². The van der Waals surface area contributed by atoms with Gasteiger partial charge in [-0.25, -0.2) is 0 Å². The average Bonchev–Trinajstić information content (AvgIpc) is 2.33. The summed E-state index contributed by atoms with van der Waals surface area (Å²) in [5.41, 5.74) is 5.84. The van der Waals surface area contributed by atoms with Gasteiger partial charge in [-0.15, -0.1) is 0 Å². The molecule has 1 aliphatic heterocycles. The molecule has 0 bridgehead atoms. The molecule has 1 saturated heterocycles. The van der Waals surface area contributed by atoms with Gasteiger partial charge in [0.05, 0.1) is 6.54 Å². The Labute approximate surface area is 103 Å². The van der Waals surface area contributed by atoms with Crippen molar-refractivity contribution in [2.45, 2.75) is 44.2 Å². The fraction of sp³-hybridized carbons (Fsp3) is 0.769. The van der Waals surface area contributed by atoms with Gasteiger partial charge in [0, 0.05) is 25.2 Å². The first-order valence-electron chi connectivity index (χ1n) is 6.66. The van der Waals surface area contributed by atoms with Crippen LogP contribution in [0.2, 0.25) is 0 Å². The topological polar surface area (TPSA) is 58.4 Å². The highest BCUT2D eigenvalue weighted by Gasteiger charge is 2.19. The molecule has 1 amide bonds. The van der Waals surface area contributed by atoms with Gasteiger partial charge in [0.15, 0.2) is 0 Å². The van der Waals surface area contributed by atoms with Crippen molar-refractivity contribution in [2.75, 3.05) is 19.6 Å². The molecule has 0 aromatic rings. The van der Waals surface area contributed by atoms with E-state index in [9.17, 15) is 4.79 Å². The molecule has 1 aliphatic carbocycles. The zero-order valence-electron chi connectivity index (χ0n) is 10.4. The van der Waals surface area contributed by atoms with E-state index in [1.165, 1.54) is 0 Å². The number of hydrogen-bond acceptors (Lipinski definition) is 3. The van der Waals surface area contributed by atoms with Gasteiger partial charge in [-0.2, -0.15) is 0 Å². The predicted octanol–water partition coefficient (Wildman–Crippen LogP) is 0.634. The molecule has 1 heterocycles. The van der Waals surface area contributed by atoms with Gasteiger partial charge in [0.25, 0.3) is 0 Å². The molecule has 17 heavy (non-hydrogen) atoms. The summed E-state index contributed by atoms with van der Waals surface area (Å²) in [7, 11) is 0. The molecule has 1 atom stereocenters. The van der Waals surface area contributed by atoms with Crippen LogP contribution < -0.4 is 11.1 Å². The lowest BCUT2D eigenvalue weighted by atomic mass is 10.0. The summed E-state index contributed by atoms with van der Waals surface area (Å²) in [6, 6.07) is 0.678. The van der Waals surface area contributed by atoms with Crippen molar-refractivity contribution in [2.24, 2.45) is 5.73 Å². The predicted molar refractivity (Wildman–Crippen MR) is 68.6 cm³/mol. The largest absolute Gasteiger partial charge is 0.352 e. The second-order valence-electron chi connectivity index (χ2n) is 5.16. The molecule has 0 saturated carbocycles. The standard InChI is InChI=1S/C13H23N3O/c14-11-6-8-16(9-7-11)10-13(17)15-12-4-2-1-3-5-12/h1-2,11-12H,3-10,14H2,(H,15,17). The van der Waals surface area contributed by atoms with Crippen LogP contribution >= 0.6 is 0 Å². The summed E-state index contributed by atoms with van der Waals surface area (Å²) < 4.78 is 0. The highest BCUT2D eigenvalue weighted by molar-refractivity contribution is 5.78. The van der Waals surface area contributed by atoms with E-state index in [4.69, 9.17) is 5.73 Å².